The van der Waals surface area contributed by atoms with E-state index in [0.717, 1.165) is 0 Å². The Morgan fingerprint density at radius 3 is 2.84 bits per heavy atom. The number of rotatable bonds is 5. The van der Waals surface area contributed by atoms with Crippen LogP contribution in [0.2, 0.25) is 0 Å². The maximum Gasteiger partial charge on any atom is 0.353 e. The summed E-state index contributed by atoms with van der Waals surface area (Å²) in [5, 5.41) is 14.0. The number of anilines is 2. The lowest BCUT2D eigenvalue weighted by atomic mass is 10.4. The molecule has 19 heavy (non-hydrogen) atoms. The van der Waals surface area contributed by atoms with Crippen LogP contribution in [0.25, 0.3) is 0 Å². The molecule has 100 valence electrons. The summed E-state index contributed by atoms with van der Waals surface area (Å²) in [5.41, 5.74) is -0.154. The van der Waals surface area contributed by atoms with Gasteiger partial charge in [-0.25, -0.2) is 9.97 Å². The van der Waals surface area contributed by atoms with E-state index in [1.807, 2.05) is 0 Å². The van der Waals surface area contributed by atoms with Crippen LogP contribution in [0, 0.1) is 10.1 Å². The third-order valence-electron chi connectivity index (χ3n) is 2.42. The van der Waals surface area contributed by atoms with Gasteiger partial charge in [-0.1, -0.05) is 0 Å². The van der Waals surface area contributed by atoms with Crippen molar-refractivity contribution in [1.29, 1.82) is 0 Å². The highest BCUT2D eigenvalue weighted by Gasteiger charge is 2.24. The maximum atomic E-state index is 11.1. The Hall–Kier alpha value is -2.64. The smallest absolute Gasteiger partial charge is 0.353 e. The van der Waals surface area contributed by atoms with Crippen LogP contribution in [-0.2, 0) is 6.54 Å². The van der Waals surface area contributed by atoms with Crippen molar-refractivity contribution < 1.29 is 9.34 Å². The number of hydrogen-bond acceptors (Lipinski definition) is 7. The van der Waals surface area contributed by atoms with Crippen LogP contribution < -0.4 is 10.2 Å². The molecular formula is C11H13N5O3. The van der Waals surface area contributed by atoms with Gasteiger partial charge in [0.05, 0.1) is 17.7 Å². The molecule has 0 spiro atoms. The second kappa shape index (κ2) is 5.34. The van der Waals surface area contributed by atoms with E-state index in [0.29, 0.717) is 12.3 Å². The molecule has 0 atom stereocenters. The second-order valence-corrected chi connectivity index (χ2v) is 3.98. The van der Waals surface area contributed by atoms with Gasteiger partial charge in [0.2, 0.25) is 11.6 Å². The summed E-state index contributed by atoms with van der Waals surface area (Å²) < 4.78 is 5.15. The Balaban J connectivity index is 2.29. The highest BCUT2D eigenvalue weighted by molar-refractivity contribution is 5.69. The van der Waals surface area contributed by atoms with Gasteiger partial charge in [-0.3, -0.25) is 10.1 Å². The fourth-order valence-corrected chi connectivity index (χ4v) is 1.58. The highest BCUT2D eigenvalue weighted by atomic mass is 16.6. The van der Waals surface area contributed by atoms with E-state index in [1.165, 1.54) is 12.6 Å². The molecule has 8 heteroatoms. The maximum absolute atomic E-state index is 11.1. The molecule has 0 aliphatic heterocycles. The van der Waals surface area contributed by atoms with Crippen LogP contribution in [0.1, 0.15) is 5.76 Å². The largest absolute Gasteiger partial charge is 0.467 e. The monoisotopic (exact) mass is 263 g/mol. The minimum atomic E-state index is -0.500. The summed E-state index contributed by atoms with van der Waals surface area (Å²) in [4.78, 5) is 20.0. The molecule has 0 amide bonds. The van der Waals surface area contributed by atoms with Crippen molar-refractivity contribution in [2.24, 2.45) is 0 Å². The van der Waals surface area contributed by atoms with Crippen molar-refractivity contribution in [3.05, 3.63) is 40.6 Å². The molecule has 8 nitrogen and oxygen atoms in total. The van der Waals surface area contributed by atoms with Crippen molar-refractivity contribution >= 4 is 17.3 Å². The molecule has 0 aromatic carbocycles. The van der Waals surface area contributed by atoms with Gasteiger partial charge < -0.3 is 14.6 Å². The van der Waals surface area contributed by atoms with Gasteiger partial charge in [0.1, 0.15) is 12.1 Å². The molecule has 0 aliphatic carbocycles. The van der Waals surface area contributed by atoms with Gasteiger partial charge >= 0.3 is 5.69 Å². The molecular weight excluding hydrogens is 250 g/mol. The summed E-state index contributed by atoms with van der Waals surface area (Å²) in [7, 11) is 3.37. The van der Waals surface area contributed by atoms with Gasteiger partial charge in [-0.2, -0.15) is 0 Å². The number of nitrogens with zero attached hydrogens (tertiary/aromatic N) is 4. The number of nitrogens with one attached hydrogen (secondary N) is 1. The number of aromatic nitrogens is 2. The summed E-state index contributed by atoms with van der Waals surface area (Å²) in [5.74, 6) is 1.08. The van der Waals surface area contributed by atoms with Gasteiger partial charge in [0.25, 0.3) is 0 Å². The molecule has 2 aromatic rings. The van der Waals surface area contributed by atoms with Crippen LogP contribution in [0.5, 0.6) is 0 Å². The van der Waals surface area contributed by atoms with Crippen LogP contribution in [0.4, 0.5) is 17.3 Å². The Morgan fingerprint density at radius 1 is 1.47 bits per heavy atom. The normalized spacial score (nSPS) is 10.2. The van der Waals surface area contributed by atoms with Crippen molar-refractivity contribution in [3.8, 4) is 0 Å². The van der Waals surface area contributed by atoms with Crippen LogP contribution in [-0.4, -0.2) is 29.0 Å². The second-order valence-electron chi connectivity index (χ2n) is 3.98. The minimum Gasteiger partial charge on any atom is -0.467 e. The third-order valence-corrected chi connectivity index (χ3v) is 2.42. The molecule has 2 rings (SSSR count). The van der Waals surface area contributed by atoms with E-state index >= 15 is 0 Å². The van der Waals surface area contributed by atoms with E-state index < -0.39 is 4.92 Å². The first-order chi connectivity index (χ1) is 9.09. The van der Waals surface area contributed by atoms with E-state index in [-0.39, 0.29) is 17.3 Å². The molecule has 0 fully saturated rings. The summed E-state index contributed by atoms with van der Waals surface area (Å²) >= 11 is 0. The van der Waals surface area contributed by atoms with Gasteiger partial charge in [0, 0.05) is 14.1 Å². The quantitative estimate of drug-likeness (QED) is 0.647. The summed E-state index contributed by atoms with van der Waals surface area (Å²) in [6.07, 6.45) is 2.82. The summed E-state index contributed by atoms with van der Waals surface area (Å²) in [6.45, 7) is 0.317. The number of nitro groups is 1. The third kappa shape index (κ3) is 2.79. The Bertz CT molecular complexity index is 568. The average molecular weight is 263 g/mol. The first kappa shape index (κ1) is 12.8. The zero-order valence-electron chi connectivity index (χ0n) is 10.5. The predicted molar refractivity (Wildman–Crippen MR) is 69.0 cm³/mol. The first-order valence-electron chi connectivity index (χ1n) is 5.52. The van der Waals surface area contributed by atoms with Crippen LogP contribution in [0.3, 0.4) is 0 Å². The Kier molecular flexibility index (Phi) is 3.60. The van der Waals surface area contributed by atoms with Crippen molar-refractivity contribution in [2.45, 2.75) is 6.54 Å². The van der Waals surface area contributed by atoms with E-state index in [1.54, 1.807) is 31.1 Å². The molecule has 2 heterocycles. The predicted octanol–water partition coefficient (Wildman–Crippen LogP) is 1.66. The van der Waals surface area contributed by atoms with Crippen molar-refractivity contribution in [1.82, 2.24) is 9.97 Å². The molecule has 0 aliphatic rings. The molecule has 2 aromatic heterocycles. The number of hydrogen-bond donors (Lipinski definition) is 1. The van der Waals surface area contributed by atoms with Gasteiger partial charge in [-0.15, -0.1) is 0 Å². The molecule has 0 bridgehead atoms. The van der Waals surface area contributed by atoms with Gasteiger partial charge in [-0.05, 0) is 12.1 Å². The molecule has 0 saturated carbocycles. The van der Waals surface area contributed by atoms with Crippen LogP contribution in [0.15, 0.2) is 29.1 Å². The highest BCUT2D eigenvalue weighted by Crippen LogP contribution is 2.30. The van der Waals surface area contributed by atoms with Crippen molar-refractivity contribution in [3.63, 3.8) is 0 Å². The SMILES string of the molecule is CN(C)c1ncnc(NCc2ccco2)c1[N+](=O)[O-]. The van der Waals surface area contributed by atoms with E-state index in [2.05, 4.69) is 15.3 Å². The van der Waals surface area contributed by atoms with E-state index in [9.17, 15) is 10.1 Å². The lowest BCUT2D eigenvalue weighted by Gasteiger charge is -2.13. The van der Waals surface area contributed by atoms with Crippen molar-refractivity contribution in [2.75, 3.05) is 24.3 Å². The fraction of sp³-hybridized carbons (Fsp3) is 0.273. The van der Waals surface area contributed by atoms with Crippen LogP contribution >= 0.6 is 0 Å². The van der Waals surface area contributed by atoms with E-state index in [4.69, 9.17) is 4.42 Å². The zero-order valence-corrected chi connectivity index (χ0v) is 10.5. The van der Waals surface area contributed by atoms with Gasteiger partial charge in [0.15, 0.2) is 0 Å². The lowest BCUT2D eigenvalue weighted by molar-refractivity contribution is -0.383. The minimum absolute atomic E-state index is 0.154. The number of furan rings is 1. The average Bonchev–Trinajstić information content (AvgIpc) is 2.88. The summed E-state index contributed by atoms with van der Waals surface area (Å²) in [6, 6.07) is 3.52. The molecule has 0 radical (unpaired) electrons. The standard InChI is InChI=1S/C11H13N5O3/c1-15(2)11-9(16(17)18)10(13-7-14-11)12-6-8-4-3-5-19-8/h3-5,7H,6H2,1-2H3,(H,12,13,14). The fourth-order valence-electron chi connectivity index (χ4n) is 1.58. The lowest BCUT2D eigenvalue weighted by Crippen LogP contribution is -2.15. The topological polar surface area (TPSA) is 97.3 Å². The first-order valence-corrected chi connectivity index (χ1v) is 5.52. The Labute approximate surface area is 109 Å². The zero-order chi connectivity index (χ0) is 13.8. The Morgan fingerprint density at radius 2 is 2.26 bits per heavy atom. The molecule has 1 N–H and O–H groups in total. The molecule has 0 saturated heterocycles. The molecule has 0 unspecified atom stereocenters.